The Balaban J connectivity index is 2.01. The Morgan fingerprint density at radius 1 is 1.24 bits per heavy atom. The highest BCUT2D eigenvalue weighted by atomic mass is 32.1. The smallest absolute Gasteiger partial charge is 0.212 e. The van der Waals surface area contributed by atoms with Crippen LogP contribution in [0.25, 0.3) is 16.2 Å². The van der Waals surface area contributed by atoms with Crippen molar-refractivity contribution in [1.82, 2.24) is 14.6 Å². The highest BCUT2D eigenvalue weighted by Gasteiger charge is 2.08. The van der Waals surface area contributed by atoms with E-state index in [1.165, 1.54) is 0 Å². The zero-order chi connectivity index (χ0) is 11.7. The van der Waals surface area contributed by atoms with E-state index < -0.39 is 0 Å². The van der Waals surface area contributed by atoms with Gasteiger partial charge in [-0.2, -0.15) is 5.10 Å². The molecule has 0 aliphatic rings. The van der Waals surface area contributed by atoms with Gasteiger partial charge in [0.1, 0.15) is 5.01 Å². The van der Waals surface area contributed by atoms with Gasteiger partial charge in [-0.25, -0.2) is 9.50 Å². The van der Waals surface area contributed by atoms with Crippen LogP contribution in [0.1, 0.15) is 18.4 Å². The zero-order valence-electron chi connectivity index (χ0n) is 9.63. The van der Waals surface area contributed by atoms with E-state index >= 15 is 0 Å². The van der Waals surface area contributed by atoms with Crippen LogP contribution in [0.3, 0.4) is 0 Å². The van der Waals surface area contributed by atoms with Crippen molar-refractivity contribution >= 4 is 16.3 Å². The zero-order valence-corrected chi connectivity index (χ0v) is 10.4. The predicted octanol–water partition coefficient (Wildman–Crippen LogP) is 3.41. The molecule has 17 heavy (non-hydrogen) atoms. The van der Waals surface area contributed by atoms with E-state index in [9.17, 15) is 0 Å². The Hall–Kier alpha value is -1.68. The summed E-state index contributed by atoms with van der Waals surface area (Å²) in [6.07, 6.45) is 4.16. The molecule has 0 spiro atoms. The molecule has 86 valence electrons. The lowest BCUT2D eigenvalue weighted by Crippen LogP contribution is -1.85. The van der Waals surface area contributed by atoms with Crippen LogP contribution >= 0.6 is 11.3 Å². The average molecular weight is 243 g/mol. The molecule has 4 heteroatoms. The summed E-state index contributed by atoms with van der Waals surface area (Å²) in [6.45, 7) is 2.17. The van der Waals surface area contributed by atoms with Crippen molar-refractivity contribution in [2.75, 3.05) is 0 Å². The van der Waals surface area contributed by atoms with Crippen LogP contribution in [0.5, 0.6) is 0 Å². The van der Waals surface area contributed by atoms with E-state index in [1.54, 1.807) is 11.3 Å². The summed E-state index contributed by atoms with van der Waals surface area (Å²) in [7, 11) is 0. The van der Waals surface area contributed by atoms with Gasteiger partial charge in [-0.15, -0.1) is 0 Å². The molecule has 0 atom stereocenters. The lowest BCUT2D eigenvalue weighted by Gasteiger charge is -1.93. The summed E-state index contributed by atoms with van der Waals surface area (Å²) in [5.74, 6) is 0. The number of aryl methyl sites for hydroxylation is 1. The Kier molecular flexibility index (Phi) is 2.65. The fourth-order valence-electron chi connectivity index (χ4n) is 1.80. The van der Waals surface area contributed by atoms with E-state index in [-0.39, 0.29) is 0 Å². The van der Waals surface area contributed by atoms with E-state index in [4.69, 9.17) is 0 Å². The Morgan fingerprint density at radius 3 is 2.76 bits per heavy atom. The van der Waals surface area contributed by atoms with Crippen molar-refractivity contribution in [2.24, 2.45) is 0 Å². The van der Waals surface area contributed by atoms with Crippen molar-refractivity contribution in [3.8, 4) is 11.3 Å². The molecule has 0 aliphatic heterocycles. The maximum absolute atomic E-state index is 4.60. The first kappa shape index (κ1) is 10.5. The summed E-state index contributed by atoms with van der Waals surface area (Å²) >= 11 is 1.68. The number of nitrogens with zero attached hydrogens (tertiary/aromatic N) is 3. The molecule has 3 aromatic rings. The second-order valence-electron chi connectivity index (χ2n) is 3.97. The van der Waals surface area contributed by atoms with Crippen molar-refractivity contribution in [3.63, 3.8) is 0 Å². The largest absolute Gasteiger partial charge is 0.217 e. The topological polar surface area (TPSA) is 30.2 Å². The fourth-order valence-corrected chi connectivity index (χ4v) is 2.78. The van der Waals surface area contributed by atoms with E-state index in [0.717, 1.165) is 34.1 Å². The van der Waals surface area contributed by atoms with Crippen molar-refractivity contribution in [2.45, 2.75) is 19.8 Å². The molecule has 0 N–H and O–H groups in total. The van der Waals surface area contributed by atoms with Crippen LogP contribution in [0.2, 0.25) is 0 Å². The average Bonchev–Trinajstić information content (AvgIpc) is 2.88. The van der Waals surface area contributed by atoms with Crippen LogP contribution < -0.4 is 0 Å². The van der Waals surface area contributed by atoms with Gasteiger partial charge in [0, 0.05) is 12.0 Å². The van der Waals surface area contributed by atoms with Gasteiger partial charge in [-0.3, -0.25) is 0 Å². The quantitative estimate of drug-likeness (QED) is 0.705. The lowest BCUT2D eigenvalue weighted by molar-refractivity contribution is 0.849. The van der Waals surface area contributed by atoms with Crippen LogP contribution in [-0.4, -0.2) is 14.6 Å². The third-order valence-corrected chi connectivity index (χ3v) is 3.60. The van der Waals surface area contributed by atoms with E-state index in [2.05, 4.69) is 29.1 Å². The van der Waals surface area contributed by atoms with Gasteiger partial charge in [-0.1, -0.05) is 48.6 Å². The summed E-state index contributed by atoms with van der Waals surface area (Å²) in [4.78, 5) is 5.58. The van der Waals surface area contributed by atoms with Gasteiger partial charge in [0.25, 0.3) is 0 Å². The Labute approximate surface area is 104 Å². The highest BCUT2D eigenvalue weighted by molar-refractivity contribution is 7.16. The molecule has 0 unspecified atom stereocenters. The van der Waals surface area contributed by atoms with Gasteiger partial charge in [0.2, 0.25) is 4.96 Å². The van der Waals surface area contributed by atoms with Crippen LogP contribution in [-0.2, 0) is 6.42 Å². The van der Waals surface area contributed by atoms with Crippen molar-refractivity contribution in [1.29, 1.82) is 0 Å². The number of fused-ring (bicyclic) bond motifs is 1. The van der Waals surface area contributed by atoms with Crippen molar-refractivity contribution < 1.29 is 0 Å². The second-order valence-corrected chi connectivity index (χ2v) is 5.01. The predicted molar refractivity (Wildman–Crippen MR) is 70.3 cm³/mol. The SMILES string of the molecule is CCCc1nn2cc(-c3ccccc3)nc2s1. The number of rotatable bonds is 3. The molecule has 0 aliphatic carbocycles. The molecular formula is C13H13N3S. The molecule has 0 amide bonds. The van der Waals surface area contributed by atoms with E-state index in [0.29, 0.717) is 0 Å². The normalized spacial score (nSPS) is 11.1. The maximum atomic E-state index is 4.60. The van der Waals surface area contributed by atoms with Crippen molar-refractivity contribution in [3.05, 3.63) is 41.5 Å². The molecule has 2 heterocycles. The first-order valence-corrected chi connectivity index (χ1v) is 6.59. The van der Waals surface area contributed by atoms with Gasteiger partial charge in [0.15, 0.2) is 0 Å². The number of aromatic nitrogens is 3. The van der Waals surface area contributed by atoms with Crippen LogP contribution in [0, 0.1) is 0 Å². The number of benzene rings is 1. The molecule has 2 aromatic heterocycles. The third-order valence-electron chi connectivity index (χ3n) is 2.62. The minimum atomic E-state index is 0.979. The minimum absolute atomic E-state index is 0.979. The highest BCUT2D eigenvalue weighted by Crippen LogP contribution is 2.22. The fraction of sp³-hybridized carbons (Fsp3) is 0.231. The first-order chi connectivity index (χ1) is 8.36. The monoisotopic (exact) mass is 243 g/mol. The number of imidazole rings is 1. The number of hydrogen-bond acceptors (Lipinski definition) is 3. The van der Waals surface area contributed by atoms with Gasteiger partial charge in [-0.05, 0) is 6.42 Å². The lowest BCUT2D eigenvalue weighted by atomic mass is 10.2. The molecular weight excluding hydrogens is 230 g/mol. The molecule has 0 fully saturated rings. The standard InChI is InChI=1S/C13H13N3S/c1-2-6-12-15-16-9-11(14-13(16)17-12)10-7-4-3-5-8-10/h3-5,7-9H,2,6H2,1H3. The summed E-state index contributed by atoms with van der Waals surface area (Å²) in [5.41, 5.74) is 2.13. The molecule has 0 bridgehead atoms. The Morgan fingerprint density at radius 2 is 2.06 bits per heavy atom. The van der Waals surface area contributed by atoms with Gasteiger partial charge < -0.3 is 0 Å². The first-order valence-electron chi connectivity index (χ1n) is 5.77. The molecule has 1 aromatic carbocycles. The van der Waals surface area contributed by atoms with Gasteiger partial charge in [0.05, 0.1) is 11.9 Å². The summed E-state index contributed by atoms with van der Waals surface area (Å²) in [5, 5.41) is 5.68. The van der Waals surface area contributed by atoms with Crippen LogP contribution in [0.15, 0.2) is 36.5 Å². The third kappa shape index (κ3) is 1.96. The maximum Gasteiger partial charge on any atom is 0.212 e. The summed E-state index contributed by atoms with van der Waals surface area (Å²) in [6, 6.07) is 10.2. The summed E-state index contributed by atoms with van der Waals surface area (Å²) < 4.78 is 1.89. The molecule has 0 saturated heterocycles. The van der Waals surface area contributed by atoms with E-state index in [1.807, 2.05) is 28.9 Å². The molecule has 3 rings (SSSR count). The Bertz CT molecular complexity index is 593. The van der Waals surface area contributed by atoms with Gasteiger partial charge >= 0.3 is 0 Å². The van der Waals surface area contributed by atoms with Crippen LogP contribution in [0.4, 0.5) is 0 Å². The second kappa shape index (κ2) is 4.30. The molecule has 0 radical (unpaired) electrons. The molecule has 0 saturated carbocycles. The minimum Gasteiger partial charge on any atom is -0.217 e. The number of hydrogen-bond donors (Lipinski definition) is 0. The molecule has 3 nitrogen and oxygen atoms in total.